The van der Waals surface area contributed by atoms with Crippen molar-refractivity contribution in [3.63, 3.8) is 0 Å². The number of aliphatic hydroxyl groups is 1. The molecular weight excluding hydrogens is 231 g/mol. The van der Waals surface area contributed by atoms with Gasteiger partial charge in [-0.05, 0) is 18.9 Å². The van der Waals surface area contributed by atoms with Crippen LogP contribution in [-0.2, 0) is 13.1 Å². The second-order valence-electron chi connectivity index (χ2n) is 5.16. The van der Waals surface area contributed by atoms with Crippen molar-refractivity contribution in [1.82, 2.24) is 4.90 Å². The summed E-state index contributed by atoms with van der Waals surface area (Å²) >= 11 is 0. The van der Waals surface area contributed by atoms with Gasteiger partial charge >= 0.3 is 0 Å². The second kappa shape index (κ2) is 5.78. The summed E-state index contributed by atoms with van der Waals surface area (Å²) in [5.74, 6) is 0.134. The summed E-state index contributed by atoms with van der Waals surface area (Å²) in [6.45, 7) is 4.35. The van der Waals surface area contributed by atoms with Crippen LogP contribution in [0.3, 0.4) is 0 Å². The number of rotatable bonds is 3. The number of aliphatic hydroxyl groups excluding tert-OH is 1. The number of piperidine rings is 1. The van der Waals surface area contributed by atoms with E-state index in [-0.39, 0.29) is 18.5 Å². The molecule has 0 bridgehead atoms. The molecular formula is C14H21FN2O. The molecule has 100 valence electrons. The van der Waals surface area contributed by atoms with Gasteiger partial charge in [0.05, 0.1) is 6.10 Å². The maximum absolute atomic E-state index is 14.0. The summed E-state index contributed by atoms with van der Waals surface area (Å²) < 4.78 is 14.0. The molecule has 18 heavy (non-hydrogen) atoms. The smallest absolute Gasteiger partial charge is 0.132 e. The van der Waals surface area contributed by atoms with Crippen molar-refractivity contribution in [2.75, 3.05) is 13.1 Å². The molecule has 1 aliphatic rings. The predicted molar refractivity (Wildman–Crippen MR) is 69.4 cm³/mol. The van der Waals surface area contributed by atoms with Gasteiger partial charge < -0.3 is 10.8 Å². The molecule has 0 aromatic heterocycles. The van der Waals surface area contributed by atoms with Crippen molar-refractivity contribution in [2.24, 2.45) is 11.7 Å². The molecule has 3 N–H and O–H groups in total. The predicted octanol–water partition coefficient (Wildman–Crippen LogP) is 1.49. The summed E-state index contributed by atoms with van der Waals surface area (Å²) in [5, 5.41) is 9.84. The van der Waals surface area contributed by atoms with E-state index in [1.807, 2.05) is 6.07 Å². The molecule has 2 rings (SSSR count). The minimum atomic E-state index is -0.306. The number of benzene rings is 1. The third kappa shape index (κ3) is 2.88. The number of nitrogens with two attached hydrogens (primary N) is 1. The first-order valence-corrected chi connectivity index (χ1v) is 6.48. The average Bonchev–Trinajstić information content (AvgIpc) is 2.36. The molecule has 1 aromatic carbocycles. The highest BCUT2D eigenvalue weighted by molar-refractivity contribution is 5.25. The monoisotopic (exact) mass is 252 g/mol. The number of halogens is 1. The van der Waals surface area contributed by atoms with E-state index in [4.69, 9.17) is 5.73 Å². The highest BCUT2D eigenvalue weighted by atomic mass is 19.1. The third-order valence-corrected chi connectivity index (χ3v) is 3.78. The van der Waals surface area contributed by atoms with Gasteiger partial charge in [0.1, 0.15) is 5.82 Å². The van der Waals surface area contributed by atoms with Crippen LogP contribution in [0.4, 0.5) is 4.39 Å². The van der Waals surface area contributed by atoms with E-state index in [9.17, 15) is 9.50 Å². The Balaban J connectivity index is 2.06. The summed E-state index contributed by atoms with van der Waals surface area (Å²) in [5.41, 5.74) is 6.72. The zero-order valence-corrected chi connectivity index (χ0v) is 10.8. The molecule has 1 aromatic rings. The van der Waals surface area contributed by atoms with Gasteiger partial charge in [-0.15, -0.1) is 0 Å². The van der Waals surface area contributed by atoms with Gasteiger partial charge in [0.15, 0.2) is 0 Å². The minimum Gasteiger partial charge on any atom is -0.392 e. The number of likely N-dealkylation sites (tertiary alicyclic amines) is 1. The standard InChI is InChI=1S/C14H21FN2O/c1-10-5-6-17(9-13(10)18)8-12-4-2-3-11(7-16)14(12)15/h2-4,10,13,18H,5-9,16H2,1H3. The van der Waals surface area contributed by atoms with Gasteiger partial charge in [0.2, 0.25) is 0 Å². The van der Waals surface area contributed by atoms with Crippen LogP contribution < -0.4 is 5.73 Å². The molecule has 2 atom stereocenters. The number of nitrogens with zero attached hydrogens (tertiary/aromatic N) is 1. The van der Waals surface area contributed by atoms with Crippen LogP contribution in [0.25, 0.3) is 0 Å². The Hall–Kier alpha value is -0.970. The van der Waals surface area contributed by atoms with E-state index in [1.165, 1.54) is 0 Å². The fourth-order valence-electron chi connectivity index (χ4n) is 2.41. The maximum Gasteiger partial charge on any atom is 0.132 e. The van der Waals surface area contributed by atoms with Crippen LogP contribution in [0.15, 0.2) is 18.2 Å². The lowest BCUT2D eigenvalue weighted by Crippen LogP contribution is -2.42. The summed E-state index contributed by atoms with van der Waals surface area (Å²) in [6.07, 6.45) is 0.652. The molecule has 1 fully saturated rings. The van der Waals surface area contributed by atoms with Crippen molar-refractivity contribution in [1.29, 1.82) is 0 Å². The molecule has 0 amide bonds. The number of hydrogen-bond acceptors (Lipinski definition) is 3. The van der Waals surface area contributed by atoms with Crippen molar-refractivity contribution >= 4 is 0 Å². The Morgan fingerprint density at radius 1 is 1.44 bits per heavy atom. The highest BCUT2D eigenvalue weighted by Gasteiger charge is 2.24. The zero-order chi connectivity index (χ0) is 13.1. The first-order valence-electron chi connectivity index (χ1n) is 6.48. The lowest BCUT2D eigenvalue weighted by molar-refractivity contribution is 0.0255. The van der Waals surface area contributed by atoms with Crippen molar-refractivity contribution < 1.29 is 9.50 Å². The van der Waals surface area contributed by atoms with Crippen molar-refractivity contribution in [3.8, 4) is 0 Å². The number of hydrogen-bond donors (Lipinski definition) is 2. The largest absolute Gasteiger partial charge is 0.392 e. The van der Waals surface area contributed by atoms with Crippen molar-refractivity contribution in [3.05, 3.63) is 35.1 Å². The van der Waals surface area contributed by atoms with E-state index < -0.39 is 0 Å². The summed E-state index contributed by atoms with van der Waals surface area (Å²) in [7, 11) is 0. The van der Waals surface area contributed by atoms with E-state index in [0.29, 0.717) is 30.1 Å². The maximum atomic E-state index is 14.0. The van der Waals surface area contributed by atoms with Crippen LogP contribution in [0.5, 0.6) is 0 Å². The summed E-state index contributed by atoms with van der Waals surface area (Å²) in [4.78, 5) is 2.10. The second-order valence-corrected chi connectivity index (χ2v) is 5.16. The molecule has 0 radical (unpaired) electrons. The zero-order valence-electron chi connectivity index (χ0n) is 10.8. The molecule has 4 heteroatoms. The van der Waals surface area contributed by atoms with Crippen LogP contribution in [0.2, 0.25) is 0 Å². The van der Waals surface area contributed by atoms with E-state index >= 15 is 0 Å². The van der Waals surface area contributed by atoms with E-state index in [0.717, 1.165) is 13.0 Å². The van der Waals surface area contributed by atoms with E-state index in [2.05, 4.69) is 11.8 Å². The fraction of sp³-hybridized carbons (Fsp3) is 0.571. The quantitative estimate of drug-likeness (QED) is 0.857. The van der Waals surface area contributed by atoms with Gasteiger partial charge in [-0.25, -0.2) is 4.39 Å². The van der Waals surface area contributed by atoms with Crippen LogP contribution in [0, 0.1) is 11.7 Å². The Morgan fingerprint density at radius 2 is 2.17 bits per heavy atom. The average molecular weight is 252 g/mol. The molecule has 0 spiro atoms. The molecule has 0 aliphatic carbocycles. The van der Waals surface area contributed by atoms with Gasteiger partial charge in [-0.2, -0.15) is 0 Å². The third-order valence-electron chi connectivity index (χ3n) is 3.78. The molecule has 1 saturated heterocycles. The highest BCUT2D eigenvalue weighted by Crippen LogP contribution is 2.20. The van der Waals surface area contributed by atoms with Gasteiger partial charge in [-0.1, -0.05) is 25.1 Å². The molecule has 3 nitrogen and oxygen atoms in total. The lowest BCUT2D eigenvalue weighted by atomic mass is 9.95. The van der Waals surface area contributed by atoms with Crippen LogP contribution in [0.1, 0.15) is 24.5 Å². The van der Waals surface area contributed by atoms with Gasteiger partial charge in [0.25, 0.3) is 0 Å². The SMILES string of the molecule is CC1CCN(Cc2cccc(CN)c2F)CC1O. The Labute approximate surface area is 107 Å². The minimum absolute atomic E-state index is 0.201. The normalized spacial score (nSPS) is 25.3. The Kier molecular flexibility index (Phi) is 4.32. The first-order chi connectivity index (χ1) is 8.61. The summed E-state index contributed by atoms with van der Waals surface area (Å²) in [6, 6.07) is 5.34. The van der Waals surface area contributed by atoms with Gasteiger partial charge in [-0.3, -0.25) is 4.90 Å². The van der Waals surface area contributed by atoms with Gasteiger partial charge in [0, 0.05) is 30.8 Å². The Bertz CT molecular complexity index is 411. The lowest BCUT2D eigenvalue weighted by Gasteiger charge is -2.34. The molecule has 0 saturated carbocycles. The molecule has 1 heterocycles. The first kappa shape index (κ1) is 13.5. The topological polar surface area (TPSA) is 49.5 Å². The van der Waals surface area contributed by atoms with Crippen molar-refractivity contribution in [2.45, 2.75) is 32.5 Å². The van der Waals surface area contributed by atoms with Crippen LogP contribution in [-0.4, -0.2) is 29.2 Å². The van der Waals surface area contributed by atoms with Crippen LogP contribution >= 0.6 is 0 Å². The molecule has 1 aliphatic heterocycles. The van der Waals surface area contributed by atoms with E-state index in [1.54, 1.807) is 12.1 Å². The molecule has 2 unspecified atom stereocenters. The fourth-order valence-corrected chi connectivity index (χ4v) is 2.41. The number of β-amino-alcohol motifs (C(OH)–C–C–N with tert-alkyl or cyclic N) is 1. The Morgan fingerprint density at radius 3 is 2.83 bits per heavy atom.